The zero-order chi connectivity index (χ0) is 37.4. The molecule has 0 aliphatic heterocycles. The molecule has 51 heavy (non-hydrogen) atoms. The van der Waals surface area contributed by atoms with Crippen LogP contribution in [0, 0.1) is 24.9 Å². The third-order valence-electron chi connectivity index (χ3n) is 10.4. The van der Waals surface area contributed by atoms with E-state index < -0.39 is 14.9 Å². The van der Waals surface area contributed by atoms with Crippen molar-refractivity contribution in [2.45, 2.75) is 71.4 Å². The molecule has 0 bridgehead atoms. The second kappa shape index (κ2) is 15.2. The van der Waals surface area contributed by atoms with Gasteiger partial charge in [0.05, 0.1) is 13.7 Å². The Morgan fingerprint density at radius 1 is 0.804 bits per heavy atom. The first-order valence-electron chi connectivity index (χ1n) is 19.2. The van der Waals surface area contributed by atoms with Crippen LogP contribution in [0.1, 0.15) is 54.8 Å². The van der Waals surface area contributed by atoms with Crippen LogP contribution in [0.2, 0.25) is 19.6 Å². The summed E-state index contributed by atoms with van der Waals surface area (Å²) in [7, 11) is -1.34. The fourth-order valence-electron chi connectivity index (χ4n) is 7.17. The van der Waals surface area contributed by atoms with E-state index in [9.17, 15) is 0 Å². The Balaban J connectivity index is 0.000000205. The molecule has 3 aromatic heterocycles. The van der Waals surface area contributed by atoms with E-state index in [0.717, 1.165) is 55.9 Å². The van der Waals surface area contributed by atoms with Gasteiger partial charge in [-0.05, 0) is 69.6 Å². The molecule has 1 saturated carbocycles. The van der Waals surface area contributed by atoms with Crippen LogP contribution in [0.5, 0.6) is 0 Å². The second-order valence-electron chi connectivity index (χ2n) is 15.1. The normalized spacial score (nSPS) is 14.6. The summed E-state index contributed by atoms with van der Waals surface area (Å²) in [5.74, 6) is 0.732. The molecule has 261 valence electrons. The Morgan fingerprint density at radius 3 is 2.29 bits per heavy atom. The molecule has 0 amide bonds. The number of furan rings is 1. The van der Waals surface area contributed by atoms with Crippen molar-refractivity contribution in [1.82, 2.24) is 9.97 Å². The summed E-state index contributed by atoms with van der Waals surface area (Å²) >= 11 is 0. The van der Waals surface area contributed by atoms with Crippen molar-refractivity contribution < 1.29 is 28.6 Å². The van der Waals surface area contributed by atoms with Crippen molar-refractivity contribution in [3.05, 3.63) is 139 Å². The topological polar surface area (TPSA) is 38.9 Å². The van der Waals surface area contributed by atoms with E-state index in [4.69, 9.17) is 13.5 Å². The number of nitrogens with zero attached hydrogens (tertiary/aromatic N) is 2. The molecule has 1 aliphatic rings. The van der Waals surface area contributed by atoms with Gasteiger partial charge in [0.25, 0.3) is 0 Å². The Hall–Kier alpha value is -4.15. The average Bonchev–Trinajstić information content (AvgIpc) is 3.84. The molecular formula is C46H46IrN2OSi-2. The number of hydrogen-bond donors (Lipinski definition) is 0. The minimum absolute atomic E-state index is 0. The van der Waals surface area contributed by atoms with Crippen LogP contribution in [0.4, 0.5) is 0 Å². The van der Waals surface area contributed by atoms with Crippen LogP contribution in [-0.4, -0.2) is 18.0 Å². The number of fused-ring (bicyclic) bond motifs is 3. The molecule has 1 aliphatic carbocycles. The second-order valence-corrected chi connectivity index (χ2v) is 20.2. The molecule has 1 radical (unpaired) electrons. The maximum Gasteiger partial charge on any atom is 0.121 e. The number of pyridine rings is 2. The Bertz CT molecular complexity index is 2280. The van der Waals surface area contributed by atoms with Crippen LogP contribution in [0.3, 0.4) is 0 Å². The summed E-state index contributed by atoms with van der Waals surface area (Å²) in [6.45, 7) is 9.53. The van der Waals surface area contributed by atoms with Gasteiger partial charge in [-0.1, -0.05) is 125 Å². The Morgan fingerprint density at radius 2 is 1.61 bits per heavy atom. The van der Waals surface area contributed by atoms with Gasteiger partial charge in [0.2, 0.25) is 0 Å². The van der Waals surface area contributed by atoms with E-state index in [1.807, 2.05) is 30.6 Å². The number of aromatic nitrogens is 2. The third kappa shape index (κ3) is 7.87. The SMILES string of the molecule is CC(C)(c1ccnc(-c2[c-]ccc3c2oc2cc(-c4ccccc4)ccc23)c1)C1CCCC1.[2H]C([2H])([2H])c1c[c-]c(-c2ccc([Si](C)(C)C)cn2)cc1.[Ir]. The summed E-state index contributed by atoms with van der Waals surface area (Å²) in [6.07, 6.45) is 9.21. The fourth-order valence-corrected chi connectivity index (χ4v) is 8.21. The smallest absolute Gasteiger partial charge is 0.121 e. The van der Waals surface area contributed by atoms with Crippen LogP contribution in [0.25, 0.3) is 55.6 Å². The van der Waals surface area contributed by atoms with Crippen molar-refractivity contribution in [2.24, 2.45) is 5.92 Å². The molecule has 5 heteroatoms. The number of rotatable bonds is 6. The van der Waals surface area contributed by atoms with Crippen molar-refractivity contribution in [3.8, 4) is 33.6 Å². The first-order valence-corrected chi connectivity index (χ1v) is 21.2. The van der Waals surface area contributed by atoms with Gasteiger partial charge in [-0.15, -0.1) is 53.6 Å². The maximum atomic E-state index is 7.35. The van der Waals surface area contributed by atoms with Crippen LogP contribution in [-0.2, 0) is 25.5 Å². The number of aryl methyl sites for hydroxylation is 1. The van der Waals surface area contributed by atoms with Gasteiger partial charge in [0.1, 0.15) is 5.58 Å². The summed E-state index contributed by atoms with van der Waals surface area (Å²) < 4.78 is 28.5. The zero-order valence-corrected chi connectivity index (χ0v) is 33.4. The summed E-state index contributed by atoms with van der Waals surface area (Å²) in [5, 5.41) is 3.54. The monoisotopic (exact) mass is 866 g/mol. The largest absolute Gasteiger partial charge is 0.501 e. The summed E-state index contributed by atoms with van der Waals surface area (Å²) in [4.78, 5) is 9.21. The van der Waals surface area contributed by atoms with E-state index in [1.54, 1.807) is 12.1 Å². The van der Waals surface area contributed by atoms with Gasteiger partial charge in [0.15, 0.2) is 0 Å². The zero-order valence-electron chi connectivity index (χ0n) is 33.0. The average molecular weight is 866 g/mol. The predicted octanol–water partition coefficient (Wildman–Crippen LogP) is 12.0. The van der Waals surface area contributed by atoms with Crippen molar-refractivity contribution in [1.29, 1.82) is 0 Å². The molecule has 1 fully saturated rings. The minimum Gasteiger partial charge on any atom is -0.501 e. The quantitative estimate of drug-likeness (QED) is 0.123. The molecule has 4 aromatic carbocycles. The molecule has 7 aromatic rings. The predicted molar refractivity (Wildman–Crippen MR) is 212 cm³/mol. The molecular weight excluding hydrogens is 817 g/mol. The minimum atomic E-state index is -2.08. The van der Waals surface area contributed by atoms with E-state index >= 15 is 0 Å². The fraction of sp³-hybridized carbons (Fsp3) is 0.261. The van der Waals surface area contributed by atoms with Gasteiger partial charge < -0.3 is 14.4 Å². The van der Waals surface area contributed by atoms with Crippen molar-refractivity contribution >= 4 is 35.2 Å². The molecule has 3 nitrogen and oxygen atoms in total. The van der Waals surface area contributed by atoms with Gasteiger partial charge in [-0.3, -0.25) is 0 Å². The van der Waals surface area contributed by atoms with E-state index in [-0.39, 0.29) is 25.5 Å². The molecule has 0 atom stereocenters. The Labute approximate surface area is 322 Å². The van der Waals surface area contributed by atoms with Gasteiger partial charge >= 0.3 is 0 Å². The summed E-state index contributed by atoms with van der Waals surface area (Å²) in [6, 6.07) is 40.9. The standard InChI is InChI=1S/C31H28NO.C15H18NSi.Ir/c1-31(2,23-11-6-7-12-23)24-17-18-32-28(20-24)27-14-8-13-26-25-16-15-22(19-29(25)33-30(26)27)21-9-4-3-5-10-21;1-12-5-7-13(8-6-12)15-10-9-14(11-16-15)17(2,3)4;/h3-5,8-10,13,15-20,23H,6-7,11-12H2,1-2H3;5-7,9-11H,1-4H3;/q2*-1;/i;1D3;. The first kappa shape index (κ1) is 32.7. The van der Waals surface area contributed by atoms with Crippen LogP contribution < -0.4 is 5.19 Å². The number of benzene rings is 4. The van der Waals surface area contributed by atoms with Crippen molar-refractivity contribution in [3.63, 3.8) is 0 Å². The summed E-state index contributed by atoms with van der Waals surface area (Å²) in [5.41, 5.74) is 9.43. The van der Waals surface area contributed by atoms with Crippen LogP contribution >= 0.6 is 0 Å². The maximum absolute atomic E-state index is 7.35. The molecule has 0 spiro atoms. The van der Waals surface area contributed by atoms with E-state index in [2.05, 4.69) is 117 Å². The van der Waals surface area contributed by atoms with E-state index in [0.29, 0.717) is 5.56 Å². The molecule has 0 saturated heterocycles. The van der Waals surface area contributed by atoms with E-state index in [1.165, 1.54) is 48.1 Å². The molecule has 0 N–H and O–H groups in total. The van der Waals surface area contributed by atoms with Gasteiger partial charge in [-0.25, -0.2) is 0 Å². The molecule has 3 heterocycles. The molecule has 0 unspecified atom stereocenters. The third-order valence-corrected chi connectivity index (χ3v) is 12.4. The van der Waals surface area contributed by atoms with Gasteiger partial charge in [0, 0.05) is 42.0 Å². The Kier molecular flexibility index (Phi) is 9.77. The van der Waals surface area contributed by atoms with Crippen molar-refractivity contribution in [2.75, 3.05) is 0 Å². The first-order chi connectivity index (χ1) is 25.3. The molecule has 8 rings (SSSR count). The number of hydrogen-bond acceptors (Lipinski definition) is 3. The van der Waals surface area contributed by atoms with Crippen LogP contribution in [0.15, 0.2) is 120 Å². The van der Waals surface area contributed by atoms with Gasteiger partial charge in [-0.2, -0.15) is 0 Å².